The smallest absolute Gasteiger partial charge is 0.397 e. The van der Waals surface area contributed by atoms with Gasteiger partial charge in [-0.3, -0.25) is 4.79 Å². The van der Waals surface area contributed by atoms with Crippen molar-refractivity contribution in [3.8, 4) is 5.75 Å². The lowest BCUT2D eigenvalue weighted by molar-refractivity contribution is -0.160. The number of aliphatic hydroxyl groups is 1. The number of benzene rings is 1. The standard InChI is InChI=1S/C19H22F3NO5/c1-27-18(26)11-2-4-14(5-3-11)28-16-7-13-10-23(9-12(13)6-15(16)24)17(25)8-19(20,21)22/h2-5,12-13,15-16,24H,6-10H2,1H3/t12-,13+,15+,16+/m0/s1. The molecule has 1 N–H and O–H groups in total. The number of carbonyl (C=O) groups is 2. The first kappa shape index (κ1) is 20.4. The minimum absolute atomic E-state index is 0.0140. The van der Waals surface area contributed by atoms with Crippen LogP contribution in [0.4, 0.5) is 13.2 Å². The molecule has 0 bridgehead atoms. The number of carbonyl (C=O) groups excluding carboxylic acids is 2. The van der Waals surface area contributed by atoms with Crippen LogP contribution in [0.5, 0.6) is 5.75 Å². The van der Waals surface area contributed by atoms with Crippen LogP contribution in [0.1, 0.15) is 29.6 Å². The molecule has 154 valence electrons. The largest absolute Gasteiger partial charge is 0.488 e. The highest BCUT2D eigenvalue weighted by Gasteiger charge is 2.45. The Balaban J connectivity index is 1.59. The zero-order valence-electron chi connectivity index (χ0n) is 15.3. The molecule has 1 heterocycles. The molecule has 0 radical (unpaired) electrons. The molecular formula is C19H22F3NO5. The molecule has 6 nitrogen and oxygen atoms in total. The molecule has 1 aromatic rings. The van der Waals surface area contributed by atoms with E-state index < -0.39 is 36.7 Å². The van der Waals surface area contributed by atoms with Gasteiger partial charge in [-0.25, -0.2) is 4.79 Å². The van der Waals surface area contributed by atoms with Crippen molar-refractivity contribution >= 4 is 11.9 Å². The highest BCUT2D eigenvalue weighted by molar-refractivity contribution is 5.89. The van der Waals surface area contributed by atoms with Crippen molar-refractivity contribution in [1.82, 2.24) is 4.90 Å². The summed E-state index contributed by atoms with van der Waals surface area (Å²) < 4.78 is 47.8. The summed E-state index contributed by atoms with van der Waals surface area (Å²) in [6.07, 6.45) is -6.47. The van der Waals surface area contributed by atoms with Crippen LogP contribution in [0.3, 0.4) is 0 Å². The van der Waals surface area contributed by atoms with Gasteiger partial charge in [0, 0.05) is 13.1 Å². The second-order valence-electron chi connectivity index (χ2n) is 7.32. The number of rotatable bonds is 4. The number of amides is 1. The van der Waals surface area contributed by atoms with Crippen molar-refractivity contribution in [2.75, 3.05) is 20.2 Å². The van der Waals surface area contributed by atoms with Gasteiger partial charge in [-0.05, 0) is 48.9 Å². The Morgan fingerprint density at radius 2 is 1.75 bits per heavy atom. The van der Waals surface area contributed by atoms with Crippen molar-refractivity contribution in [1.29, 1.82) is 0 Å². The predicted octanol–water partition coefficient (Wildman–Crippen LogP) is 2.40. The fourth-order valence-electron chi connectivity index (χ4n) is 3.97. The lowest BCUT2D eigenvalue weighted by atomic mass is 9.78. The van der Waals surface area contributed by atoms with Gasteiger partial charge in [0.2, 0.25) is 5.91 Å². The van der Waals surface area contributed by atoms with Crippen LogP contribution < -0.4 is 4.74 Å². The Bertz CT molecular complexity index is 721. The van der Waals surface area contributed by atoms with E-state index in [1.54, 1.807) is 24.3 Å². The average molecular weight is 401 g/mol. The van der Waals surface area contributed by atoms with E-state index in [0.717, 1.165) is 0 Å². The molecule has 1 amide bonds. The quantitative estimate of drug-likeness (QED) is 0.785. The average Bonchev–Trinajstić information content (AvgIpc) is 3.03. The third-order valence-corrected chi connectivity index (χ3v) is 5.35. The fourth-order valence-corrected chi connectivity index (χ4v) is 3.97. The minimum atomic E-state index is -4.52. The van der Waals surface area contributed by atoms with Gasteiger partial charge in [-0.2, -0.15) is 13.2 Å². The van der Waals surface area contributed by atoms with Crippen molar-refractivity contribution in [3.63, 3.8) is 0 Å². The zero-order valence-corrected chi connectivity index (χ0v) is 15.3. The van der Waals surface area contributed by atoms with Gasteiger partial charge in [0.15, 0.2) is 0 Å². The summed E-state index contributed by atoms with van der Waals surface area (Å²) in [6.45, 7) is 0.477. The van der Waals surface area contributed by atoms with Crippen LogP contribution in [0, 0.1) is 11.8 Å². The Labute approximate surface area is 160 Å². The number of methoxy groups -OCH3 is 1. The zero-order chi connectivity index (χ0) is 20.5. The van der Waals surface area contributed by atoms with Gasteiger partial charge in [-0.1, -0.05) is 0 Å². The molecule has 3 rings (SSSR count). The Morgan fingerprint density at radius 1 is 1.14 bits per heavy atom. The lowest BCUT2D eigenvalue weighted by Crippen LogP contribution is -2.42. The van der Waals surface area contributed by atoms with E-state index in [4.69, 9.17) is 4.74 Å². The molecule has 0 spiro atoms. The van der Waals surface area contributed by atoms with Crippen molar-refractivity contribution in [2.45, 2.75) is 37.6 Å². The maximum absolute atomic E-state index is 12.5. The maximum Gasteiger partial charge on any atom is 0.397 e. The van der Waals surface area contributed by atoms with E-state index in [2.05, 4.69) is 4.74 Å². The molecule has 0 unspecified atom stereocenters. The van der Waals surface area contributed by atoms with Crippen LogP contribution in [-0.2, 0) is 9.53 Å². The van der Waals surface area contributed by atoms with Crippen molar-refractivity contribution in [2.24, 2.45) is 11.8 Å². The van der Waals surface area contributed by atoms with E-state index in [1.807, 2.05) is 0 Å². The van der Waals surface area contributed by atoms with Crippen LogP contribution >= 0.6 is 0 Å². The topological polar surface area (TPSA) is 76.1 Å². The first-order chi connectivity index (χ1) is 13.2. The molecule has 2 aliphatic rings. The van der Waals surface area contributed by atoms with E-state index >= 15 is 0 Å². The van der Waals surface area contributed by atoms with Gasteiger partial charge in [0.05, 0.1) is 18.8 Å². The number of halogens is 3. The SMILES string of the molecule is COC(=O)c1ccc(O[C@@H]2C[C@@H]3CN(C(=O)CC(F)(F)F)C[C@@H]3C[C@H]2O)cc1. The van der Waals surface area contributed by atoms with Gasteiger partial charge in [-0.15, -0.1) is 0 Å². The predicted molar refractivity (Wildman–Crippen MR) is 91.7 cm³/mol. The number of likely N-dealkylation sites (tertiary alicyclic amines) is 1. The highest BCUT2D eigenvalue weighted by Crippen LogP contribution is 2.38. The molecule has 1 aliphatic heterocycles. The number of alkyl halides is 3. The Kier molecular flexibility index (Phi) is 5.83. The molecule has 1 aliphatic carbocycles. The number of aliphatic hydroxyl groups excluding tert-OH is 1. The fraction of sp³-hybridized carbons (Fsp3) is 0.579. The summed E-state index contributed by atoms with van der Waals surface area (Å²) in [5.74, 6) is -0.972. The molecule has 0 aromatic heterocycles. The molecule has 4 atom stereocenters. The van der Waals surface area contributed by atoms with Crippen LogP contribution in [0.25, 0.3) is 0 Å². The third-order valence-electron chi connectivity index (χ3n) is 5.35. The van der Waals surface area contributed by atoms with E-state index in [0.29, 0.717) is 24.2 Å². The van der Waals surface area contributed by atoms with Crippen LogP contribution in [-0.4, -0.2) is 60.5 Å². The number of fused-ring (bicyclic) bond motifs is 1. The highest BCUT2D eigenvalue weighted by atomic mass is 19.4. The van der Waals surface area contributed by atoms with Gasteiger partial charge >= 0.3 is 12.1 Å². The van der Waals surface area contributed by atoms with Gasteiger partial charge in [0.25, 0.3) is 0 Å². The second-order valence-corrected chi connectivity index (χ2v) is 7.32. The third kappa shape index (κ3) is 4.76. The Hall–Kier alpha value is -2.29. The summed E-state index contributed by atoms with van der Waals surface area (Å²) >= 11 is 0. The summed E-state index contributed by atoms with van der Waals surface area (Å²) in [4.78, 5) is 24.5. The molecule has 1 aromatic carbocycles. The van der Waals surface area contributed by atoms with Gasteiger partial charge < -0.3 is 19.5 Å². The minimum Gasteiger partial charge on any atom is -0.488 e. The van der Waals surface area contributed by atoms with Crippen LogP contribution in [0.2, 0.25) is 0 Å². The molecule has 1 saturated heterocycles. The normalized spacial score (nSPS) is 27.2. The van der Waals surface area contributed by atoms with E-state index in [9.17, 15) is 27.9 Å². The van der Waals surface area contributed by atoms with Crippen molar-refractivity contribution in [3.05, 3.63) is 29.8 Å². The molecular weight excluding hydrogens is 379 g/mol. The monoisotopic (exact) mass is 401 g/mol. The number of hydrogen-bond acceptors (Lipinski definition) is 5. The number of hydrogen-bond donors (Lipinski definition) is 1. The first-order valence-electron chi connectivity index (χ1n) is 9.04. The molecule has 28 heavy (non-hydrogen) atoms. The van der Waals surface area contributed by atoms with E-state index in [-0.39, 0.29) is 24.9 Å². The molecule has 2 fully saturated rings. The number of nitrogens with zero attached hydrogens (tertiary/aromatic N) is 1. The second kappa shape index (κ2) is 7.98. The molecule has 1 saturated carbocycles. The van der Waals surface area contributed by atoms with Crippen LogP contribution in [0.15, 0.2) is 24.3 Å². The Morgan fingerprint density at radius 3 is 2.32 bits per heavy atom. The summed E-state index contributed by atoms with van der Waals surface area (Å²) in [5.41, 5.74) is 0.369. The summed E-state index contributed by atoms with van der Waals surface area (Å²) in [7, 11) is 1.28. The number of esters is 1. The van der Waals surface area contributed by atoms with E-state index in [1.165, 1.54) is 12.0 Å². The maximum atomic E-state index is 12.5. The van der Waals surface area contributed by atoms with Crippen molar-refractivity contribution < 1.29 is 37.3 Å². The number of ether oxygens (including phenoxy) is 2. The summed E-state index contributed by atoms with van der Waals surface area (Å²) in [6, 6.07) is 6.29. The van der Waals surface area contributed by atoms with Gasteiger partial charge in [0.1, 0.15) is 18.3 Å². The lowest BCUT2D eigenvalue weighted by Gasteiger charge is -2.35. The first-order valence-corrected chi connectivity index (χ1v) is 9.04. The molecule has 9 heteroatoms. The summed E-state index contributed by atoms with van der Waals surface area (Å²) in [5, 5.41) is 10.4.